The lowest BCUT2D eigenvalue weighted by Crippen LogP contribution is -2.41. The number of hydrazine groups is 1. The molecule has 5 heteroatoms. The van der Waals surface area contributed by atoms with Crippen LogP contribution in [0.5, 0.6) is 0 Å². The van der Waals surface area contributed by atoms with Gasteiger partial charge in [-0.2, -0.15) is 0 Å². The molecule has 0 radical (unpaired) electrons. The Hall–Kier alpha value is -2.04. The molecular formula is C11H13BN2O2. The Morgan fingerprint density at radius 3 is 2.50 bits per heavy atom. The molecule has 0 atom stereocenters. The van der Waals surface area contributed by atoms with E-state index < -0.39 is 0 Å². The quantitative estimate of drug-likeness (QED) is 0.407. The molecule has 2 amide bonds. The van der Waals surface area contributed by atoms with Crippen molar-refractivity contribution >= 4 is 19.7 Å². The zero-order chi connectivity index (χ0) is 11.8. The first-order valence-electron chi connectivity index (χ1n) is 4.98. The van der Waals surface area contributed by atoms with E-state index in [1.54, 1.807) is 13.8 Å². The Bertz CT molecular complexity index is 390. The van der Waals surface area contributed by atoms with Gasteiger partial charge >= 0.3 is 0 Å². The zero-order valence-electron chi connectivity index (χ0n) is 9.07. The molecule has 0 saturated heterocycles. The first-order chi connectivity index (χ1) is 7.72. The molecule has 0 bridgehead atoms. The molecule has 0 unspecified atom stereocenters. The van der Waals surface area contributed by atoms with Gasteiger partial charge in [-0.05, 0) is 11.6 Å². The summed E-state index contributed by atoms with van der Waals surface area (Å²) in [5.74, 6) is 1.01. The molecule has 0 heterocycles. The average Bonchev–Trinajstić information content (AvgIpc) is 2.28. The van der Waals surface area contributed by atoms with Gasteiger partial charge in [-0.15, -0.1) is 5.98 Å². The maximum absolute atomic E-state index is 11.4. The van der Waals surface area contributed by atoms with E-state index in [4.69, 9.17) is 0 Å². The molecule has 0 aliphatic heterocycles. The summed E-state index contributed by atoms with van der Waals surface area (Å²) < 4.78 is 0. The number of hydrogen-bond donors (Lipinski definition) is 2. The number of carbonyl (C=O) groups is 2. The molecule has 0 fully saturated rings. The summed E-state index contributed by atoms with van der Waals surface area (Å²) in [5.41, 5.74) is 5.51. The van der Waals surface area contributed by atoms with E-state index in [1.165, 1.54) is 6.08 Å². The van der Waals surface area contributed by atoms with Crippen molar-refractivity contribution in [3.05, 3.63) is 47.9 Å². The fourth-order valence-corrected chi connectivity index (χ4v) is 1.15. The fourth-order valence-electron chi connectivity index (χ4n) is 1.15. The Morgan fingerprint density at radius 1 is 1.19 bits per heavy atom. The van der Waals surface area contributed by atoms with Gasteiger partial charge in [0.25, 0.3) is 5.91 Å². The van der Waals surface area contributed by atoms with E-state index in [2.05, 4.69) is 10.9 Å². The third kappa shape index (κ3) is 4.46. The van der Waals surface area contributed by atoms with Crippen molar-refractivity contribution in [1.82, 2.24) is 10.9 Å². The summed E-state index contributed by atoms with van der Waals surface area (Å²) >= 11 is 0. The van der Waals surface area contributed by atoms with Crippen molar-refractivity contribution in [3.63, 3.8) is 0 Å². The highest BCUT2D eigenvalue weighted by atomic mass is 16.2. The predicted octanol–water partition coefficient (Wildman–Crippen LogP) is -0.477. The Balaban J connectivity index is 2.34. The molecule has 1 aromatic carbocycles. The van der Waals surface area contributed by atoms with E-state index in [9.17, 15) is 9.59 Å². The molecule has 16 heavy (non-hydrogen) atoms. The summed E-state index contributed by atoms with van der Waals surface area (Å²) in [7, 11) is 1.73. The van der Waals surface area contributed by atoms with Crippen molar-refractivity contribution in [2.24, 2.45) is 0 Å². The van der Waals surface area contributed by atoms with Gasteiger partial charge in [0.15, 0.2) is 0 Å². The molecule has 4 nitrogen and oxygen atoms in total. The van der Waals surface area contributed by atoms with Crippen LogP contribution in [0.1, 0.15) is 5.56 Å². The minimum atomic E-state index is -0.344. The van der Waals surface area contributed by atoms with Gasteiger partial charge in [0.1, 0.15) is 7.85 Å². The van der Waals surface area contributed by atoms with Gasteiger partial charge in [-0.25, -0.2) is 0 Å². The molecule has 0 spiro atoms. The molecule has 1 rings (SSSR count). The first kappa shape index (κ1) is 12.0. The zero-order valence-corrected chi connectivity index (χ0v) is 9.07. The van der Waals surface area contributed by atoms with E-state index in [0.29, 0.717) is 0 Å². The van der Waals surface area contributed by atoms with Gasteiger partial charge in [-0.3, -0.25) is 20.4 Å². The van der Waals surface area contributed by atoms with E-state index >= 15 is 0 Å². The van der Waals surface area contributed by atoms with Crippen LogP contribution in [0.2, 0.25) is 0 Å². The lowest BCUT2D eigenvalue weighted by molar-refractivity contribution is -0.126. The third-order valence-corrected chi connectivity index (χ3v) is 1.85. The molecule has 1 aromatic rings. The maximum Gasteiger partial charge on any atom is 0.261 e. The lowest BCUT2D eigenvalue weighted by Gasteiger charge is -2.04. The summed E-state index contributed by atoms with van der Waals surface area (Å²) in [6.45, 7) is 0. The fraction of sp³-hybridized carbons (Fsp3) is 0.0909. The van der Waals surface area contributed by atoms with Crippen LogP contribution in [-0.2, 0) is 16.0 Å². The van der Waals surface area contributed by atoms with Crippen LogP contribution in [0.4, 0.5) is 0 Å². The monoisotopic (exact) mass is 216 g/mol. The molecule has 0 saturated carbocycles. The smallest absolute Gasteiger partial charge is 0.261 e. The first-order valence-corrected chi connectivity index (χ1v) is 4.98. The highest BCUT2D eigenvalue weighted by Gasteiger charge is 2.02. The number of benzene rings is 1. The Labute approximate surface area is 95.1 Å². The standard InChI is InChI=1S/C11H13BN2O2/c12-7-6-10(15)13-14-11(16)8-9-4-2-1-3-5-9/h1-7H,8,12H2,(H,13,15)(H,14,16)/b7-6-. The van der Waals surface area contributed by atoms with E-state index in [0.717, 1.165) is 5.56 Å². The van der Waals surface area contributed by atoms with Gasteiger partial charge in [-0.1, -0.05) is 30.3 Å². The van der Waals surface area contributed by atoms with Gasteiger partial charge in [0.05, 0.1) is 6.42 Å². The van der Waals surface area contributed by atoms with Crippen LogP contribution in [0, 0.1) is 0 Å². The maximum atomic E-state index is 11.4. The topological polar surface area (TPSA) is 58.2 Å². The average molecular weight is 216 g/mol. The second-order valence-corrected chi connectivity index (χ2v) is 3.20. The normalized spacial score (nSPS) is 10.0. The second kappa shape index (κ2) is 6.45. The largest absolute Gasteiger partial charge is 0.273 e. The molecular weight excluding hydrogens is 203 g/mol. The van der Waals surface area contributed by atoms with Crippen molar-refractivity contribution in [2.75, 3.05) is 0 Å². The van der Waals surface area contributed by atoms with Gasteiger partial charge in [0.2, 0.25) is 5.91 Å². The Kier molecular flexibility index (Phi) is 4.85. The van der Waals surface area contributed by atoms with Crippen molar-refractivity contribution in [1.29, 1.82) is 0 Å². The molecule has 82 valence electrons. The molecule has 0 aliphatic rings. The SMILES string of the molecule is B/C=C\C(=O)NNC(=O)Cc1ccccc1. The minimum absolute atomic E-state index is 0.246. The van der Waals surface area contributed by atoms with Gasteiger partial charge < -0.3 is 0 Å². The highest BCUT2D eigenvalue weighted by molar-refractivity contribution is 6.19. The second-order valence-electron chi connectivity index (χ2n) is 3.20. The van der Waals surface area contributed by atoms with Crippen molar-refractivity contribution < 1.29 is 9.59 Å². The van der Waals surface area contributed by atoms with Crippen LogP contribution in [0.15, 0.2) is 42.4 Å². The van der Waals surface area contributed by atoms with Crippen LogP contribution in [0.25, 0.3) is 0 Å². The summed E-state index contributed by atoms with van der Waals surface area (Å²) in [4.78, 5) is 22.4. The number of carbonyl (C=O) groups excluding carboxylic acids is 2. The van der Waals surface area contributed by atoms with E-state index in [1.807, 2.05) is 30.3 Å². The summed E-state index contributed by atoms with van der Waals surface area (Å²) in [5, 5.41) is 0. The van der Waals surface area contributed by atoms with E-state index in [-0.39, 0.29) is 18.2 Å². The Morgan fingerprint density at radius 2 is 1.88 bits per heavy atom. The summed E-state index contributed by atoms with van der Waals surface area (Å²) in [6.07, 6.45) is 1.58. The van der Waals surface area contributed by atoms with Gasteiger partial charge in [0, 0.05) is 0 Å². The minimum Gasteiger partial charge on any atom is -0.273 e. The van der Waals surface area contributed by atoms with Crippen LogP contribution >= 0.6 is 0 Å². The molecule has 0 aromatic heterocycles. The van der Waals surface area contributed by atoms with Crippen molar-refractivity contribution in [2.45, 2.75) is 6.42 Å². The van der Waals surface area contributed by atoms with Crippen LogP contribution in [0.3, 0.4) is 0 Å². The molecule has 0 aliphatic carbocycles. The molecule has 2 N–H and O–H groups in total. The number of hydrogen-bond acceptors (Lipinski definition) is 2. The number of nitrogens with one attached hydrogen (secondary N) is 2. The van der Waals surface area contributed by atoms with Crippen molar-refractivity contribution in [3.8, 4) is 0 Å². The van der Waals surface area contributed by atoms with Crippen LogP contribution < -0.4 is 10.9 Å². The predicted molar refractivity (Wildman–Crippen MR) is 64.1 cm³/mol. The van der Waals surface area contributed by atoms with Crippen LogP contribution in [-0.4, -0.2) is 19.7 Å². The number of amides is 2. The summed E-state index contributed by atoms with van der Waals surface area (Å²) in [6, 6.07) is 9.32. The third-order valence-electron chi connectivity index (χ3n) is 1.85. The highest BCUT2D eigenvalue weighted by Crippen LogP contribution is 1.98. The lowest BCUT2D eigenvalue weighted by atomic mass is 10.1. The number of rotatable bonds is 3.